The van der Waals surface area contributed by atoms with Gasteiger partial charge in [-0.1, -0.05) is 0 Å². The maximum atomic E-state index is 11.6. The minimum atomic E-state index is -0.447. The van der Waals surface area contributed by atoms with Gasteiger partial charge in [0.15, 0.2) is 0 Å². The largest absolute Gasteiger partial charge is 0.395 e. The molecule has 134 valence electrons. The Morgan fingerprint density at radius 3 is 2.71 bits per heavy atom. The Hall–Kier alpha value is -2.04. The normalized spacial score (nSPS) is 16.9. The van der Waals surface area contributed by atoms with E-state index in [9.17, 15) is 10.1 Å². The van der Waals surface area contributed by atoms with E-state index in [1.54, 1.807) is 7.11 Å². The molecule has 0 aliphatic carbocycles. The van der Waals surface area contributed by atoms with Gasteiger partial charge in [0.1, 0.15) is 6.33 Å². The summed E-state index contributed by atoms with van der Waals surface area (Å²) >= 11 is 0. The van der Waals surface area contributed by atoms with Gasteiger partial charge in [-0.2, -0.15) is 0 Å². The molecule has 1 aliphatic heterocycles. The first-order valence-corrected chi connectivity index (χ1v) is 7.89. The van der Waals surface area contributed by atoms with Gasteiger partial charge in [-0.3, -0.25) is 15.0 Å². The quantitative estimate of drug-likeness (QED) is 0.496. The molecule has 24 heavy (non-hydrogen) atoms. The molecule has 0 saturated carbocycles. The summed E-state index contributed by atoms with van der Waals surface area (Å²) in [4.78, 5) is 23.3. The zero-order chi connectivity index (χ0) is 17.5. The van der Waals surface area contributed by atoms with E-state index in [1.807, 2.05) is 11.8 Å². The lowest BCUT2D eigenvalue weighted by atomic mass is 10.2. The minimum Gasteiger partial charge on any atom is -0.395 e. The predicted molar refractivity (Wildman–Crippen MR) is 89.4 cm³/mol. The Bertz CT molecular complexity index is 550. The summed E-state index contributed by atoms with van der Waals surface area (Å²) in [5.41, 5.74) is -0.115. The van der Waals surface area contributed by atoms with Crippen molar-refractivity contribution in [2.45, 2.75) is 13.0 Å². The number of nitrogens with zero attached hydrogens (tertiary/aromatic N) is 5. The third kappa shape index (κ3) is 4.49. The first-order valence-electron chi connectivity index (χ1n) is 7.89. The topological polar surface area (TPSA) is 117 Å². The van der Waals surface area contributed by atoms with Crippen molar-refractivity contribution < 1.29 is 14.8 Å². The standard InChI is InChI=1S/C14H24N6O4/c1-11(9-24-2)17-13-12(20(22)23)14(16-10-15-13)19-5-3-18(4-6-19)7-8-21/h10-11,21H,3-9H2,1-2H3,(H,15,16,17). The van der Waals surface area contributed by atoms with E-state index in [-0.39, 0.29) is 24.2 Å². The number of aliphatic hydroxyl groups is 1. The monoisotopic (exact) mass is 340 g/mol. The number of anilines is 2. The van der Waals surface area contributed by atoms with Crippen LogP contribution in [0.15, 0.2) is 6.33 Å². The minimum absolute atomic E-state index is 0.110. The highest BCUT2D eigenvalue weighted by molar-refractivity contribution is 5.70. The second kappa shape index (κ2) is 8.71. The molecule has 0 radical (unpaired) electrons. The highest BCUT2D eigenvalue weighted by Gasteiger charge is 2.29. The molecule has 1 aromatic rings. The van der Waals surface area contributed by atoms with Crippen LogP contribution >= 0.6 is 0 Å². The summed E-state index contributed by atoms with van der Waals surface area (Å²) in [6.45, 7) is 5.68. The molecule has 0 aromatic carbocycles. The number of nitrogens with one attached hydrogen (secondary N) is 1. The smallest absolute Gasteiger partial charge is 0.353 e. The van der Waals surface area contributed by atoms with E-state index in [0.29, 0.717) is 32.1 Å². The number of aliphatic hydroxyl groups excluding tert-OH is 1. The second-order valence-corrected chi connectivity index (χ2v) is 5.70. The van der Waals surface area contributed by atoms with Crippen LogP contribution in [0.1, 0.15) is 6.92 Å². The summed E-state index contributed by atoms with van der Waals surface area (Å²) in [6, 6.07) is -0.113. The van der Waals surface area contributed by atoms with Crippen molar-refractivity contribution in [3.63, 3.8) is 0 Å². The van der Waals surface area contributed by atoms with E-state index >= 15 is 0 Å². The average Bonchev–Trinajstić information content (AvgIpc) is 2.55. The Kier molecular flexibility index (Phi) is 6.64. The molecule has 0 amide bonds. The van der Waals surface area contributed by atoms with Crippen LogP contribution in [0.2, 0.25) is 0 Å². The fourth-order valence-corrected chi connectivity index (χ4v) is 2.72. The Morgan fingerprint density at radius 2 is 2.12 bits per heavy atom. The second-order valence-electron chi connectivity index (χ2n) is 5.70. The molecule has 1 fully saturated rings. The van der Waals surface area contributed by atoms with Crippen molar-refractivity contribution in [2.75, 3.05) is 63.3 Å². The van der Waals surface area contributed by atoms with Crippen LogP contribution in [0.25, 0.3) is 0 Å². The molecule has 0 spiro atoms. The molecule has 1 aromatic heterocycles. The number of methoxy groups -OCH3 is 1. The third-order valence-electron chi connectivity index (χ3n) is 3.87. The summed E-state index contributed by atoms with van der Waals surface area (Å²) in [5.74, 6) is 0.526. The first kappa shape index (κ1) is 18.3. The van der Waals surface area contributed by atoms with Crippen molar-refractivity contribution >= 4 is 17.3 Å². The maximum absolute atomic E-state index is 11.6. The van der Waals surface area contributed by atoms with Crippen molar-refractivity contribution in [1.82, 2.24) is 14.9 Å². The van der Waals surface area contributed by atoms with Gasteiger partial charge >= 0.3 is 5.69 Å². The lowest BCUT2D eigenvalue weighted by Gasteiger charge is -2.34. The number of hydrogen-bond acceptors (Lipinski definition) is 9. The van der Waals surface area contributed by atoms with Gasteiger partial charge in [-0.05, 0) is 6.92 Å². The van der Waals surface area contributed by atoms with Crippen LogP contribution in [0, 0.1) is 10.1 Å². The van der Waals surface area contributed by atoms with Crippen LogP contribution < -0.4 is 10.2 Å². The van der Waals surface area contributed by atoms with Crippen molar-refractivity contribution in [2.24, 2.45) is 0 Å². The molecule has 1 saturated heterocycles. The SMILES string of the molecule is COCC(C)Nc1ncnc(N2CCN(CCO)CC2)c1[N+](=O)[O-]. The van der Waals surface area contributed by atoms with Gasteiger partial charge in [0.25, 0.3) is 0 Å². The van der Waals surface area contributed by atoms with Gasteiger partial charge in [0.2, 0.25) is 11.6 Å². The molecule has 2 heterocycles. The van der Waals surface area contributed by atoms with Gasteiger partial charge in [0, 0.05) is 45.9 Å². The number of β-amino-alcohol motifs (C(OH)–C–C–N with tert-alkyl or cyclic N) is 1. The summed E-state index contributed by atoms with van der Waals surface area (Å²) in [7, 11) is 1.57. The number of ether oxygens (including phenoxy) is 1. The van der Waals surface area contributed by atoms with Crippen molar-refractivity contribution in [3.8, 4) is 0 Å². The van der Waals surface area contributed by atoms with Gasteiger partial charge in [-0.25, -0.2) is 9.97 Å². The highest BCUT2D eigenvalue weighted by atomic mass is 16.6. The number of nitro groups is 1. The van der Waals surface area contributed by atoms with Crippen molar-refractivity contribution in [3.05, 3.63) is 16.4 Å². The van der Waals surface area contributed by atoms with Crippen LogP contribution in [0.5, 0.6) is 0 Å². The molecule has 0 bridgehead atoms. The van der Waals surface area contributed by atoms with E-state index in [4.69, 9.17) is 9.84 Å². The molecular formula is C14H24N6O4. The molecular weight excluding hydrogens is 316 g/mol. The molecule has 1 atom stereocenters. The predicted octanol–water partition coefficient (Wildman–Crippen LogP) is -0.0541. The van der Waals surface area contributed by atoms with E-state index < -0.39 is 4.92 Å². The Labute approximate surface area is 140 Å². The fraction of sp³-hybridized carbons (Fsp3) is 0.714. The first-order chi connectivity index (χ1) is 11.6. The van der Waals surface area contributed by atoms with Gasteiger partial charge in [-0.15, -0.1) is 0 Å². The maximum Gasteiger partial charge on any atom is 0.353 e. The zero-order valence-corrected chi connectivity index (χ0v) is 14.0. The van der Waals surface area contributed by atoms with Crippen LogP contribution in [0.4, 0.5) is 17.3 Å². The molecule has 1 aliphatic rings. The average molecular weight is 340 g/mol. The molecule has 10 heteroatoms. The van der Waals surface area contributed by atoms with Crippen LogP contribution in [0.3, 0.4) is 0 Å². The van der Waals surface area contributed by atoms with Gasteiger partial charge in [0.05, 0.1) is 18.1 Å². The van der Waals surface area contributed by atoms with Crippen molar-refractivity contribution in [1.29, 1.82) is 0 Å². The molecule has 10 nitrogen and oxygen atoms in total. The van der Waals surface area contributed by atoms with Gasteiger partial charge < -0.3 is 20.1 Å². The number of aromatic nitrogens is 2. The fourth-order valence-electron chi connectivity index (χ4n) is 2.72. The van der Waals surface area contributed by atoms with E-state index in [0.717, 1.165) is 13.1 Å². The molecule has 1 unspecified atom stereocenters. The summed E-state index contributed by atoms with van der Waals surface area (Å²) < 4.78 is 5.05. The summed E-state index contributed by atoms with van der Waals surface area (Å²) in [6.07, 6.45) is 1.34. The molecule has 2 N–H and O–H groups in total. The lowest BCUT2D eigenvalue weighted by Crippen LogP contribution is -2.47. The molecule has 2 rings (SSSR count). The Balaban J connectivity index is 2.19. The van der Waals surface area contributed by atoms with Crippen LogP contribution in [-0.2, 0) is 4.74 Å². The summed E-state index contributed by atoms with van der Waals surface area (Å²) in [5, 5.41) is 23.6. The number of hydrogen-bond donors (Lipinski definition) is 2. The zero-order valence-electron chi connectivity index (χ0n) is 14.0. The lowest BCUT2D eigenvalue weighted by molar-refractivity contribution is -0.383. The Morgan fingerprint density at radius 1 is 1.42 bits per heavy atom. The third-order valence-corrected chi connectivity index (χ3v) is 3.87. The highest BCUT2D eigenvalue weighted by Crippen LogP contribution is 2.32. The number of piperazine rings is 1. The van der Waals surface area contributed by atoms with Crippen LogP contribution in [-0.4, -0.2) is 84.0 Å². The number of rotatable bonds is 8. The van der Waals surface area contributed by atoms with E-state index in [1.165, 1.54) is 6.33 Å². The van der Waals surface area contributed by atoms with E-state index in [2.05, 4.69) is 20.2 Å².